The molecule has 0 fully saturated rings. The van der Waals surface area contributed by atoms with E-state index < -0.39 is 23.3 Å². The molecule has 0 spiro atoms. The van der Waals surface area contributed by atoms with Gasteiger partial charge in [0.25, 0.3) is 0 Å². The summed E-state index contributed by atoms with van der Waals surface area (Å²) < 4.78 is 21.2. The number of esters is 1. The molecule has 0 radical (unpaired) electrons. The monoisotopic (exact) mass is 401 g/mol. The molecule has 9 nitrogen and oxygen atoms in total. The van der Waals surface area contributed by atoms with E-state index in [9.17, 15) is 19.7 Å². The van der Waals surface area contributed by atoms with Crippen LogP contribution in [0.1, 0.15) is 34.1 Å². The number of carbonyl (C=O) groups is 2. The molecule has 29 heavy (non-hydrogen) atoms. The first-order chi connectivity index (χ1) is 14.0. The van der Waals surface area contributed by atoms with Crippen molar-refractivity contribution in [1.82, 2.24) is 0 Å². The van der Waals surface area contributed by atoms with E-state index in [4.69, 9.17) is 18.9 Å². The highest BCUT2D eigenvalue weighted by molar-refractivity contribution is 6.00. The maximum Gasteiger partial charge on any atom is 0.338 e. The lowest BCUT2D eigenvalue weighted by Crippen LogP contribution is -2.14. The Morgan fingerprint density at radius 2 is 1.79 bits per heavy atom. The number of carbonyl (C=O) groups excluding carboxylic acids is 2. The number of hydrogen-bond donors (Lipinski definition) is 0. The number of ether oxygens (including phenoxy) is 4. The molecule has 0 bridgehead atoms. The summed E-state index contributed by atoms with van der Waals surface area (Å²) in [5, 5.41) is 11.2. The van der Waals surface area contributed by atoms with E-state index in [0.717, 1.165) is 12.5 Å². The van der Waals surface area contributed by atoms with Crippen molar-refractivity contribution < 1.29 is 33.5 Å². The molecular weight excluding hydrogens is 382 g/mol. The molecule has 152 valence electrons. The molecule has 3 rings (SSSR count). The topological polar surface area (TPSA) is 114 Å². The van der Waals surface area contributed by atoms with Gasteiger partial charge in [0.15, 0.2) is 29.6 Å². The standard InChI is InChI=1S/C20H19NO8/c1-2-26-17-6-5-14(10-15(17)21(24)25)20(23)29-12-16(22)13-4-7-18-19(11-13)28-9-3-8-27-18/h4-7,10-11H,2-3,8-9,12H2,1H3. The van der Waals surface area contributed by atoms with Crippen molar-refractivity contribution in [2.24, 2.45) is 0 Å². The lowest BCUT2D eigenvalue weighted by molar-refractivity contribution is -0.385. The summed E-state index contributed by atoms with van der Waals surface area (Å²) in [6, 6.07) is 8.46. The number of nitro groups is 1. The molecule has 0 saturated heterocycles. The number of benzene rings is 2. The number of hydrogen-bond acceptors (Lipinski definition) is 8. The quantitative estimate of drug-likeness (QED) is 0.301. The summed E-state index contributed by atoms with van der Waals surface area (Å²) in [5.74, 6) is -0.217. The van der Waals surface area contributed by atoms with Crippen LogP contribution in [-0.4, -0.2) is 43.1 Å². The molecule has 0 atom stereocenters. The molecule has 1 aliphatic heterocycles. The lowest BCUT2D eigenvalue weighted by Gasteiger charge is -2.09. The third-order valence-electron chi connectivity index (χ3n) is 4.10. The van der Waals surface area contributed by atoms with Gasteiger partial charge in [-0.05, 0) is 37.3 Å². The molecule has 1 heterocycles. The second-order valence-electron chi connectivity index (χ2n) is 6.08. The SMILES string of the molecule is CCOc1ccc(C(=O)OCC(=O)c2ccc3c(c2)OCCCO3)cc1[N+](=O)[O-]. The molecule has 0 saturated carbocycles. The van der Waals surface area contributed by atoms with Crippen molar-refractivity contribution in [3.05, 3.63) is 57.6 Å². The Labute approximate surface area is 166 Å². The highest BCUT2D eigenvalue weighted by Crippen LogP contribution is 2.31. The van der Waals surface area contributed by atoms with Crippen LogP contribution >= 0.6 is 0 Å². The van der Waals surface area contributed by atoms with Gasteiger partial charge < -0.3 is 18.9 Å². The van der Waals surface area contributed by atoms with E-state index in [1.807, 2.05) is 0 Å². The van der Waals surface area contributed by atoms with Gasteiger partial charge in [0.2, 0.25) is 0 Å². The van der Waals surface area contributed by atoms with Crippen LogP contribution in [0.15, 0.2) is 36.4 Å². The molecule has 0 N–H and O–H groups in total. The zero-order valence-corrected chi connectivity index (χ0v) is 15.7. The van der Waals surface area contributed by atoms with E-state index in [1.54, 1.807) is 25.1 Å². The van der Waals surface area contributed by atoms with Gasteiger partial charge in [-0.15, -0.1) is 0 Å². The van der Waals surface area contributed by atoms with Crippen LogP contribution < -0.4 is 14.2 Å². The average Bonchev–Trinajstić information content (AvgIpc) is 2.96. The van der Waals surface area contributed by atoms with E-state index >= 15 is 0 Å². The van der Waals surface area contributed by atoms with Gasteiger partial charge in [-0.2, -0.15) is 0 Å². The summed E-state index contributed by atoms with van der Waals surface area (Å²) in [6.45, 7) is 2.44. The van der Waals surface area contributed by atoms with Gasteiger partial charge in [0.05, 0.1) is 30.3 Å². The van der Waals surface area contributed by atoms with Gasteiger partial charge in [0.1, 0.15) is 0 Å². The van der Waals surface area contributed by atoms with Crippen molar-refractivity contribution in [3.63, 3.8) is 0 Å². The smallest absolute Gasteiger partial charge is 0.338 e. The number of nitro benzene ring substituents is 1. The summed E-state index contributed by atoms with van der Waals surface area (Å²) in [7, 11) is 0. The highest BCUT2D eigenvalue weighted by Gasteiger charge is 2.21. The molecule has 0 amide bonds. The molecule has 0 unspecified atom stereocenters. The zero-order chi connectivity index (χ0) is 20.8. The number of ketones is 1. The zero-order valence-electron chi connectivity index (χ0n) is 15.7. The van der Waals surface area contributed by atoms with Crippen LogP contribution in [0.2, 0.25) is 0 Å². The Kier molecular flexibility index (Phi) is 6.28. The average molecular weight is 401 g/mol. The van der Waals surface area contributed by atoms with Crippen molar-refractivity contribution >= 4 is 17.4 Å². The van der Waals surface area contributed by atoms with Crippen molar-refractivity contribution in [3.8, 4) is 17.2 Å². The van der Waals surface area contributed by atoms with Crippen molar-refractivity contribution in [1.29, 1.82) is 0 Å². The number of nitrogens with zero attached hydrogens (tertiary/aromatic N) is 1. The maximum absolute atomic E-state index is 12.4. The number of rotatable bonds is 7. The highest BCUT2D eigenvalue weighted by atomic mass is 16.6. The largest absolute Gasteiger partial charge is 0.490 e. The molecule has 1 aliphatic rings. The summed E-state index contributed by atoms with van der Waals surface area (Å²) in [4.78, 5) is 35.1. The summed E-state index contributed by atoms with van der Waals surface area (Å²) in [6.07, 6.45) is 0.740. The molecule has 0 aromatic heterocycles. The van der Waals surface area contributed by atoms with Crippen LogP contribution in [0, 0.1) is 10.1 Å². The first kappa shape index (κ1) is 20.1. The lowest BCUT2D eigenvalue weighted by atomic mass is 10.1. The maximum atomic E-state index is 12.4. The minimum atomic E-state index is -0.848. The Morgan fingerprint density at radius 1 is 1.07 bits per heavy atom. The first-order valence-corrected chi connectivity index (χ1v) is 9.00. The summed E-state index contributed by atoms with van der Waals surface area (Å²) in [5.41, 5.74) is -0.0955. The molecule has 9 heteroatoms. The van der Waals surface area contributed by atoms with Gasteiger partial charge in [0, 0.05) is 18.1 Å². The second kappa shape index (κ2) is 9.05. The number of fused-ring (bicyclic) bond motifs is 1. The number of Topliss-reactive ketones (excluding diaryl/α,β-unsaturated/α-hetero) is 1. The van der Waals surface area contributed by atoms with Crippen LogP contribution in [0.3, 0.4) is 0 Å². The third-order valence-corrected chi connectivity index (χ3v) is 4.10. The fraction of sp³-hybridized carbons (Fsp3) is 0.300. The van der Waals surface area contributed by atoms with Crippen LogP contribution in [0.25, 0.3) is 0 Å². The Hall–Kier alpha value is -3.62. The molecular formula is C20H19NO8. The fourth-order valence-electron chi connectivity index (χ4n) is 2.70. The van der Waals surface area contributed by atoms with Gasteiger partial charge >= 0.3 is 11.7 Å². The van der Waals surface area contributed by atoms with Crippen LogP contribution in [0.4, 0.5) is 5.69 Å². The van der Waals surface area contributed by atoms with Crippen LogP contribution in [0.5, 0.6) is 17.2 Å². The Morgan fingerprint density at radius 3 is 2.52 bits per heavy atom. The third kappa shape index (κ3) is 4.81. The van der Waals surface area contributed by atoms with E-state index in [2.05, 4.69) is 0 Å². The summed E-state index contributed by atoms with van der Waals surface area (Å²) >= 11 is 0. The fourth-order valence-corrected chi connectivity index (χ4v) is 2.70. The normalized spacial score (nSPS) is 12.6. The van der Waals surface area contributed by atoms with E-state index in [1.165, 1.54) is 12.1 Å². The van der Waals surface area contributed by atoms with Gasteiger partial charge in [-0.1, -0.05) is 0 Å². The molecule has 2 aromatic rings. The minimum Gasteiger partial charge on any atom is -0.490 e. The van der Waals surface area contributed by atoms with E-state index in [-0.39, 0.29) is 23.6 Å². The van der Waals surface area contributed by atoms with Crippen molar-refractivity contribution in [2.75, 3.05) is 26.4 Å². The minimum absolute atomic E-state index is 0.0494. The second-order valence-corrected chi connectivity index (χ2v) is 6.08. The molecule has 2 aromatic carbocycles. The first-order valence-electron chi connectivity index (χ1n) is 9.00. The van der Waals surface area contributed by atoms with Crippen LogP contribution in [-0.2, 0) is 4.74 Å². The Bertz CT molecular complexity index is 940. The van der Waals surface area contributed by atoms with Gasteiger partial charge in [-0.3, -0.25) is 14.9 Å². The van der Waals surface area contributed by atoms with E-state index in [0.29, 0.717) is 30.3 Å². The Balaban J connectivity index is 1.67. The predicted octanol–water partition coefficient (Wildman–Crippen LogP) is 3.19. The van der Waals surface area contributed by atoms with Gasteiger partial charge in [-0.25, -0.2) is 4.79 Å². The molecule has 0 aliphatic carbocycles. The predicted molar refractivity (Wildman–Crippen MR) is 101 cm³/mol. The van der Waals surface area contributed by atoms with Crippen molar-refractivity contribution in [2.45, 2.75) is 13.3 Å².